The number of nitrogens with zero attached hydrogens (tertiary/aromatic N) is 5. The summed E-state index contributed by atoms with van der Waals surface area (Å²) in [7, 11) is 1.61. The molecule has 4 heterocycles. The van der Waals surface area contributed by atoms with Crippen LogP contribution in [-0.2, 0) is 11.3 Å². The molecule has 0 radical (unpaired) electrons. The van der Waals surface area contributed by atoms with Crippen molar-refractivity contribution in [2.45, 2.75) is 52.8 Å². The second-order valence-electron chi connectivity index (χ2n) is 12.6. The van der Waals surface area contributed by atoms with Gasteiger partial charge in [-0.2, -0.15) is 0 Å². The number of aromatic nitrogens is 4. The number of pyridine rings is 2. The minimum atomic E-state index is -0.510. The van der Waals surface area contributed by atoms with Crippen molar-refractivity contribution in [1.29, 1.82) is 0 Å². The van der Waals surface area contributed by atoms with Crippen molar-refractivity contribution in [3.63, 3.8) is 0 Å². The largest absolute Gasteiger partial charge is 0.481 e. The number of hydrogen-bond acceptors (Lipinski definition) is 9. The first-order chi connectivity index (χ1) is 22.5. The summed E-state index contributed by atoms with van der Waals surface area (Å²) in [4.78, 5) is 32.4. The van der Waals surface area contributed by atoms with E-state index in [1.807, 2.05) is 82.3 Å². The molecular weight excluding hydrogens is 614 g/mol. The molecule has 1 aliphatic rings. The van der Waals surface area contributed by atoms with Crippen LogP contribution in [0.1, 0.15) is 37.7 Å². The molecule has 1 saturated heterocycles. The predicted octanol–water partition coefficient (Wildman–Crippen LogP) is 7.49. The van der Waals surface area contributed by atoms with Gasteiger partial charge < -0.3 is 25.0 Å². The number of methoxy groups -OCH3 is 1. The number of amides is 1. The van der Waals surface area contributed by atoms with E-state index >= 15 is 0 Å². The van der Waals surface area contributed by atoms with E-state index in [0.29, 0.717) is 53.4 Å². The summed E-state index contributed by atoms with van der Waals surface area (Å²) < 4.78 is 11.1. The number of hydrogen-bond donors (Lipinski definition) is 2. The number of fused-ring (bicyclic) bond motifs is 1. The van der Waals surface area contributed by atoms with Crippen LogP contribution >= 0.6 is 11.6 Å². The maximum absolute atomic E-state index is 12.3. The standard InChI is InChI=1S/C36H38ClN7O3/c1-21-25(10-8-13-28(21)42-33-32-30(14-9-17-38-32)40-22(2)41-33)26-11-7-12-27(31(26)37)29-16-15-23(34(43-29)46-6)18-39-24-19-44(20-24)35(45)47-36(3,4)5/h7-17,24,39H,18-20H2,1-6H3,(H,40,41,42). The average Bonchev–Trinajstić information content (AvgIpc) is 3.01. The van der Waals surface area contributed by atoms with Gasteiger partial charge in [0.15, 0.2) is 5.82 Å². The smallest absolute Gasteiger partial charge is 0.410 e. The van der Waals surface area contributed by atoms with E-state index in [1.165, 1.54) is 0 Å². The van der Waals surface area contributed by atoms with E-state index in [9.17, 15) is 4.79 Å². The molecule has 3 aromatic heterocycles. The van der Waals surface area contributed by atoms with Crippen LogP contribution in [0.5, 0.6) is 5.88 Å². The molecule has 1 fully saturated rings. The zero-order valence-corrected chi connectivity index (χ0v) is 28.1. The summed E-state index contributed by atoms with van der Waals surface area (Å²) in [5.41, 5.74) is 7.18. The van der Waals surface area contributed by atoms with Crippen molar-refractivity contribution in [1.82, 2.24) is 30.2 Å². The molecule has 2 aromatic carbocycles. The highest BCUT2D eigenvalue weighted by molar-refractivity contribution is 6.36. The Hall–Kier alpha value is -4.80. The number of ether oxygens (including phenoxy) is 2. The summed E-state index contributed by atoms with van der Waals surface area (Å²) in [6.07, 6.45) is 1.45. The SMILES string of the molecule is COc1nc(-c2cccc(-c3cccc(Nc4nc(C)nc5cccnc45)c3C)c2Cl)ccc1CNC1CN(C(=O)OC(C)(C)C)C1. The Morgan fingerprint density at radius 1 is 0.957 bits per heavy atom. The van der Waals surface area contributed by atoms with Crippen molar-refractivity contribution >= 4 is 40.2 Å². The molecule has 47 heavy (non-hydrogen) atoms. The van der Waals surface area contributed by atoms with Crippen LogP contribution in [0.25, 0.3) is 33.4 Å². The molecule has 10 nitrogen and oxygen atoms in total. The van der Waals surface area contributed by atoms with Gasteiger partial charge in [0.05, 0.1) is 23.3 Å². The highest BCUT2D eigenvalue weighted by Crippen LogP contribution is 2.40. The third-order valence-electron chi connectivity index (χ3n) is 7.97. The van der Waals surface area contributed by atoms with Gasteiger partial charge in [-0.15, -0.1) is 0 Å². The van der Waals surface area contributed by atoms with Crippen molar-refractivity contribution in [2.24, 2.45) is 0 Å². The van der Waals surface area contributed by atoms with E-state index in [4.69, 9.17) is 26.1 Å². The maximum atomic E-state index is 12.3. The van der Waals surface area contributed by atoms with Crippen LogP contribution in [0, 0.1) is 13.8 Å². The lowest BCUT2D eigenvalue weighted by atomic mass is 9.96. The number of likely N-dealkylation sites (tertiary alicyclic amines) is 1. The fourth-order valence-corrected chi connectivity index (χ4v) is 5.89. The van der Waals surface area contributed by atoms with Gasteiger partial charge in [0.1, 0.15) is 16.9 Å². The Balaban J connectivity index is 1.20. The lowest BCUT2D eigenvalue weighted by Gasteiger charge is -2.40. The Kier molecular flexibility index (Phi) is 8.98. The number of nitrogens with one attached hydrogen (secondary N) is 2. The van der Waals surface area contributed by atoms with Crippen LogP contribution < -0.4 is 15.4 Å². The van der Waals surface area contributed by atoms with Crippen molar-refractivity contribution < 1.29 is 14.3 Å². The summed E-state index contributed by atoms with van der Waals surface area (Å²) in [5, 5.41) is 7.56. The molecule has 6 rings (SSSR count). The minimum absolute atomic E-state index is 0.167. The van der Waals surface area contributed by atoms with E-state index in [1.54, 1.807) is 18.2 Å². The first-order valence-electron chi connectivity index (χ1n) is 15.5. The third-order valence-corrected chi connectivity index (χ3v) is 8.37. The molecule has 0 unspecified atom stereocenters. The second kappa shape index (κ2) is 13.1. The number of rotatable bonds is 8. The van der Waals surface area contributed by atoms with E-state index in [2.05, 4.69) is 38.6 Å². The first-order valence-corrected chi connectivity index (χ1v) is 15.9. The van der Waals surface area contributed by atoms with Crippen molar-refractivity contribution in [3.05, 3.63) is 88.8 Å². The molecule has 5 aromatic rings. The van der Waals surface area contributed by atoms with Crippen LogP contribution in [0.4, 0.5) is 16.3 Å². The van der Waals surface area contributed by atoms with E-state index in [0.717, 1.165) is 39.0 Å². The Morgan fingerprint density at radius 2 is 1.70 bits per heavy atom. The van der Waals surface area contributed by atoms with Crippen molar-refractivity contribution in [2.75, 3.05) is 25.5 Å². The molecule has 0 aliphatic carbocycles. The molecule has 1 amide bonds. The number of halogens is 1. The quantitative estimate of drug-likeness (QED) is 0.176. The van der Waals surface area contributed by atoms with E-state index < -0.39 is 5.60 Å². The first kappa shape index (κ1) is 32.2. The van der Waals surface area contributed by atoms with Crippen LogP contribution in [0.2, 0.25) is 5.02 Å². The van der Waals surface area contributed by atoms with Gasteiger partial charge in [0.2, 0.25) is 5.88 Å². The summed E-state index contributed by atoms with van der Waals surface area (Å²) in [6.45, 7) is 11.3. The van der Waals surface area contributed by atoms with Gasteiger partial charge >= 0.3 is 6.09 Å². The van der Waals surface area contributed by atoms with Crippen molar-refractivity contribution in [3.8, 4) is 28.3 Å². The monoisotopic (exact) mass is 651 g/mol. The summed E-state index contributed by atoms with van der Waals surface area (Å²) in [6, 6.07) is 19.9. The van der Waals surface area contributed by atoms with E-state index in [-0.39, 0.29) is 12.1 Å². The molecule has 2 N–H and O–H groups in total. The zero-order chi connectivity index (χ0) is 33.3. The number of carbonyl (C=O) groups excluding carboxylic acids is 1. The maximum Gasteiger partial charge on any atom is 0.410 e. The molecule has 1 aliphatic heterocycles. The van der Waals surface area contributed by atoms with Gasteiger partial charge in [0.25, 0.3) is 0 Å². The molecular formula is C36H38ClN7O3. The number of aryl methyl sites for hydroxylation is 1. The molecule has 0 atom stereocenters. The zero-order valence-electron chi connectivity index (χ0n) is 27.4. The topological polar surface area (TPSA) is 114 Å². The fraction of sp³-hybridized carbons (Fsp3) is 0.306. The summed E-state index contributed by atoms with van der Waals surface area (Å²) >= 11 is 7.12. The Bertz CT molecular complexity index is 1950. The second-order valence-corrected chi connectivity index (χ2v) is 13.0. The van der Waals surface area contributed by atoms with Crippen LogP contribution in [-0.4, -0.2) is 62.8 Å². The highest BCUT2D eigenvalue weighted by atomic mass is 35.5. The molecule has 0 bridgehead atoms. The predicted molar refractivity (Wildman–Crippen MR) is 185 cm³/mol. The number of benzene rings is 2. The molecule has 242 valence electrons. The lowest BCUT2D eigenvalue weighted by Crippen LogP contribution is -2.60. The Morgan fingerprint density at radius 3 is 2.47 bits per heavy atom. The number of carbonyl (C=O) groups is 1. The third kappa shape index (κ3) is 6.99. The minimum Gasteiger partial charge on any atom is -0.481 e. The highest BCUT2D eigenvalue weighted by Gasteiger charge is 2.33. The van der Waals surface area contributed by atoms with Gasteiger partial charge in [-0.25, -0.2) is 19.7 Å². The molecule has 0 saturated carbocycles. The number of anilines is 2. The lowest BCUT2D eigenvalue weighted by molar-refractivity contribution is 0.00516. The molecule has 11 heteroatoms. The average molecular weight is 652 g/mol. The molecule has 0 spiro atoms. The van der Waals surface area contributed by atoms with Gasteiger partial charge in [0, 0.05) is 54.3 Å². The van der Waals surface area contributed by atoms with Crippen LogP contribution in [0.3, 0.4) is 0 Å². The Labute approximate surface area is 279 Å². The van der Waals surface area contributed by atoms with Gasteiger partial charge in [-0.05, 0) is 70.0 Å². The fourth-order valence-electron chi connectivity index (χ4n) is 5.57. The van der Waals surface area contributed by atoms with Gasteiger partial charge in [-0.1, -0.05) is 48.0 Å². The summed E-state index contributed by atoms with van der Waals surface area (Å²) in [5.74, 6) is 1.83. The van der Waals surface area contributed by atoms with Crippen LogP contribution in [0.15, 0.2) is 66.9 Å². The normalized spacial score (nSPS) is 13.4. The van der Waals surface area contributed by atoms with Gasteiger partial charge in [-0.3, -0.25) is 4.98 Å².